The zero-order valence-corrected chi connectivity index (χ0v) is 12.2. The van der Waals surface area contributed by atoms with Crippen LogP contribution in [0.15, 0.2) is 0 Å². The van der Waals surface area contributed by atoms with E-state index in [4.69, 9.17) is 5.11 Å². The first-order chi connectivity index (χ1) is 10.1. The molecule has 2 N–H and O–H groups in total. The first-order valence-corrected chi connectivity index (χ1v) is 7.61. The summed E-state index contributed by atoms with van der Waals surface area (Å²) in [5.74, 6) is -1.25. The molecule has 0 aromatic carbocycles. The number of carboxylic acid groups (broad SMARTS) is 1. The van der Waals surface area contributed by atoms with Gasteiger partial charge in [-0.2, -0.15) is 0 Å². The minimum absolute atomic E-state index is 0.0786. The molecule has 0 spiro atoms. The first-order valence-electron chi connectivity index (χ1n) is 7.61. The summed E-state index contributed by atoms with van der Waals surface area (Å²) in [5.41, 5.74) is 0. The Labute approximate surface area is 124 Å². The van der Waals surface area contributed by atoms with Gasteiger partial charge in [-0.3, -0.25) is 9.59 Å². The van der Waals surface area contributed by atoms with Crippen LogP contribution >= 0.6 is 0 Å². The number of nitrogens with one attached hydrogen (secondary N) is 1. The average Bonchev–Trinajstić information content (AvgIpc) is 3.01. The van der Waals surface area contributed by atoms with Crippen LogP contribution in [0.5, 0.6) is 0 Å². The maximum absolute atomic E-state index is 12.0. The number of carbonyl (C=O) groups excluding carboxylic acids is 2. The van der Waals surface area contributed by atoms with Gasteiger partial charge in [-0.15, -0.1) is 0 Å². The molecule has 2 heterocycles. The van der Waals surface area contributed by atoms with E-state index in [2.05, 4.69) is 5.32 Å². The number of carbonyl (C=O) groups is 3. The topological polar surface area (TPSA) is 90.0 Å². The molecule has 0 aliphatic carbocycles. The molecule has 1 atom stereocenters. The van der Waals surface area contributed by atoms with Crippen LogP contribution in [0.1, 0.15) is 32.1 Å². The Hall–Kier alpha value is -1.79. The highest BCUT2D eigenvalue weighted by Gasteiger charge is 2.28. The van der Waals surface area contributed by atoms with E-state index in [1.54, 1.807) is 0 Å². The van der Waals surface area contributed by atoms with Crippen LogP contribution in [0.4, 0.5) is 4.79 Å². The molecule has 7 nitrogen and oxygen atoms in total. The van der Waals surface area contributed by atoms with Gasteiger partial charge in [0, 0.05) is 39.1 Å². The van der Waals surface area contributed by atoms with E-state index in [1.807, 2.05) is 4.90 Å². The third-order valence-corrected chi connectivity index (χ3v) is 4.13. The van der Waals surface area contributed by atoms with Crippen molar-refractivity contribution in [1.29, 1.82) is 0 Å². The highest BCUT2D eigenvalue weighted by molar-refractivity contribution is 5.79. The van der Waals surface area contributed by atoms with Gasteiger partial charge in [0.1, 0.15) is 0 Å². The molecule has 0 saturated carbocycles. The molecule has 2 aliphatic heterocycles. The number of amides is 3. The Kier molecular flexibility index (Phi) is 5.41. The number of piperidine rings is 1. The number of hydrogen-bond acceptors (Lipinski definition) is 3. The van der Waals surface area contributed by atoms with Crippen LogP contribution in [-0.2, 0) is 9.59 Å². The van der Waals surface area contributed by atoms with E-state index in [0.29, 0.717) is 32.4 Å². The van der Waals surface area contributed by atoms with Crippen LogP contribution < -0.4 is 5.32 Å². The summed E-state index contributed by atoms with van der Waals surface area (Å²) < 4.78 is 0. The molecule has 0 aromatic heterocycles. The van der Waals surface area contributed by atoms with Crippen LogP contribution in [-0.4, -0.2) is 65.5 Å². The highest BCUT2D eigenvalue weighted by Crippen LogP contribution is 2.16. The molecule has 118 valence electrons. The largest absolute Gasteiger partial charge is 0.481 e. The van der Waals surface area contributed by atoms with Crippen molar-refractivity contribution >= 4 is 17.9 Å². The normalized spacial score (nSPS) is 22.2. The molecular weight excluding hydrogens is 274 g/mol. The fourth-order valence-corrected chi connectivity index (χ4v) is 2.88. The number of carboxylic acids is 1. The van der Waals surface area contributed by atoms with Crippen molar-refractivity contribution in [2.24, 2.45) is 5.92 Å². The maximum atomic E-state index is 12.0. The minimum Gasteiger partial charge on any atom is -0.481 e. The molecule has 2 aliphatic rings. The van der Waals surface area contributed by atoms with Gasteiger partial charge >= 0.3 is 12.0 Å². The predicted molar refractivity (Wildman–Crippen MR) is 75.8 cm³/mol. The van der Waals surface area contributed by atoms with Crippen molar-refractivity contribution in [2.45, 2.75) is 32.1 Å². The van der Waals surface area contributed by atoms with E-state index >= 15 is 0 Å². The standard InChI is InChI=1S/C14H23N3O4/c18-12(16-7-1-2-8-16)5-6-15-14(21)17-9-3-4-11(10-17)13(19)20/h11H,1-10H2,(H,15,21)(H,19,20)/t11-/m1/s1. The number of nitrogens with zero attached hydrogens (tertiary/aromatic N) is 2. The van der Waals surface area contributed by atoms with Crippen LogP contribution in [0.25, 0.3) is 0 Å². The van der Waals surface area contributed by atoms with Gasteiger partial charge in [0.25, 0.3) is 0 Å². The SMILES string of the molecule is O=C(O)[C@@H]1CCCN(C(=O)NCCC(=O)N2CCCC2)C1. The fourth-order valence-electron chi connectivity index (χ4n) is 2.88. The lowest BCUT2D eigenvalue weighted by Crippen LogP contribution is -2.47. The highest BCUT2D eigenvalue weighted by atomic mass is 16.4. The molecule has 2 rings (SSSR count). The van der Waals surface area contributed by atoms with Gasteiger partial charge in [-0.05, 0) is 25.7 Å². The Morgan fingerprint density at radius 2 is 1.71 bits per heavy atom. The second-order valence-corrected chi connectivity index (χ2v) is 5.69. The third-order valence-electron chi connectivity index (χ3n) is 4.13. The third kappa shape index (κ3) is 4.34. The Morgan fingerprint density at radius 3 is 2.38 bits per heavy atom. The smallest absolute Gasteiger partial charge is 0.317 e. The zero-order chi connectivity index (χ0) is 15.2. The van der Waals surface area contributed by atoms with Gasteiger partial charge in [0.05, 0.1) is 5.92 Å². The molecule has 3 amide bonds. The summed E-state index contributed by atoms with van der Waals surface area (Å²) in [6.07, 6.45) is 3.75. The maximum Gasteiger partial charge on any atom is 0.317 e. The summed E-state index contributed by atoms with van der Waals surface area (Å²) >= 11 is 0. The first kappa shape index (κ1) is 15.6. The number of likely N-dealkylation sites (tertiary alicyclic amines) is 2. The summed E-state index contributed by atoms with van der Waals surface area (Å²) in [4.78, 5) is 38.1. The molecule has 2 saturated heterocycles. The average molecular weight is 297 g/mol. The van der Waals surface area contributed by atoms with E-state index in [9.17, 15) is 14.4 Å². The summed E-state index contributed by atoms with van der Waals surface area (Å²) in [6, 6.07) is -0.268. The molecule has 21 heavy (non-hydrogen) atoms. The lowest BCUT2D eigenvalue weighted by Gasteiger charge is -2.30. The fraction of sp³-hybridized carbons (Fsp3) is 0.786. The van der Waals surface area contributed by atoms with E-state index in [1.165, 1.54) is 4.90 Å². The lowest BCUT2D eigenvalue weighted by molar-refractivity contribution is -0.143. The van der Waals surface area contributed by atoms with Crippen molar-refractivity contribution in [3.63, 3.8) is 0 Å². The van der Waals surface area contributed by atoms with Gasteiger partial charge in [-0.25, -0.2) is 4.79 Å². The second-order valence-electron chi connectivity index (χ2n) is 5.69. The molecule has 7 heteroatoms. The van der Waals surface area contributed by atoms with Gasteiger partial charge < -0.3 is 20.2 Å². The van der Waals surface area contributed by atoms with E-state index in [-0.39, 0.29) is 18.5 Å². The number of hydrogen-bond donors (Lipinski definition) is 2. The number of urea groups is 1. The van der Waals surface area contributed by atoms with Gasteiger partial charge in [0.15, 0.2) is 0 Å². The Bertz CT molecular complexity index is 407. The number of aliphatic carboxylic acids is 1. The van der Waals surface area contributed by atoms with Gasteiger partial charge in [-0.1, -0.05) is 0 Å². The predicted octanol–water partition coefficient (Wildman–Crippen LogP) is 0.505. The molecule has 0 aromatic rings. The molecule has 0 unspecified atom stereocenters. The van der Waals surface area contributed by atoms with Crippen molar-refractivity contribution in [3.8, 4) is 0 Å². The number of rotatable bonds is 4. The summed E-state index contributed by atoms with van der Waals surface area (Å²) in [5, 5.41) is 11.7. The summed E-state index contributed by atoms with van der Waals surface area (Å²) in [7, 11) is 0. The van der Waals surface area contributed by atoms with Gasteiger partial charge in [0.2, 0.25) is 5.91 Å². The summed E-state index contributed by atoms with van der Waals surface area (Å²) in [6.45, 7) is 2.78. The van der Waals surface area contributed by atoms with E-state index in [0.717, 1.165) is 25.9 Å². The molecular formula is C14H23N3O4. The minimum atomic E-state index is -0.850. The molecule has 0 radical (unpaired) electrons. The lowest BCUT2D eigenvalue weighted by atomic mass is 9.99. The van der Waals surface area contributed by atoms with Crippen LogP contribution in [0.3, 0.4) is 0 Å². The zero-order valence-electron chi connectivity index (χ0n) is 12.2. The molecule has 0 bridgehead atoms. The Morgan fingerprint density at radius 1 is 1.05 bits per heavy atom. The van der Waals surface area contributed by atoms with Crippen molar-refractivity contribution in [3.05, 3.63) is 0 Å². The van der Waals surface area contributed by atoms with Crippen LogP contribution in [0, 0.1) is 5.92 Å². The molecule has 2 fully saturated rings. The quantitative estimate of drug-likeness (QED) is 0.791. The van der Waals surface area contributed by atoms with E-state index < -0.39 is 11.9 Å². The van der Waals surface area contributed by atoms with Crippen molar-refractivity contribution in [1.82, 2.24) is 15.1 Å². The Balaban J connectivity index is 1.69. The van der Waals surface area contributed by atoms with Crippen molar-refractivity contribution < 1.29 is 19.5 Å². The van der Waals surface area contributed by atoms with Crippen molar-refractivity contribution in [2.75, 3.05) is 32.7 Å². The monoisotopic (exact) mass is 297 g/mol. The second kappa shape index (κ2) is 7.28. The van der Waals surface area contributed by atoms with Crippen LogP contribution in [0.2, 0.25) is 0 Å².